The molecule has 2 rings (SSSR count). The van der Waals surface area contributed by atoms with Crippen molar-refractivity contribution in [3.05, 3.63) is 29.8 Å². The Morgan fingerprint density at radius 2 is 1.72 bits per heavy atom. The maximum atomic E-state index is 5.83. The molecule has 1 aromatic carbocycles. The maximum Gasteiger partial charge on any atom is 0.118 e. The standard InChI is InChI=1S/C16H24O2/c1-13-3-5-14(6-4-13)11-18-12-15-7-9-16(17-2)10-8-15/h7-10,13-14H,3-6,11-12H2,1-2H3. The Kier molecular flexibility index (Phi) is 5.06. The summed E-state index contributed by atoms with van der Waals surface area (Å²) in [5, 5.41) is 0. The summed E-state index contributed by atoms with van der Waals surface area (Å²) in [7, 11) is 1.69. The van der Waals surface area contributed by atoms with Crippen LogP contribution in [0.1, 0.15) is 38.2 Å². The van der Waals surface area contributed by atoms with Gasteiger partial charge in [-0.3, -0.25) is 0 Å². The zero-order chi connectivity index (χ0) is 12.8. The van der Waals surface area contributed by atoms with Gasteiger partial charge in [-0.05, 0) is 42.4 Å². The molecule has 0 radical (unpaired) electrons. The fourth-order valence-electron chi connectivity index (χ4n) is 2.56. The van der Waals surface area contributed by atoms with Gasteiger partial charge < -0.3 is 9.47 Å². The number of hydrogen-bond acceptors (Lipinski definition) is 2. The minimum atomic E-state index is 0.718. The van der Waals surface area contributed by atoms with E-state index >= 15 is 0 Å². The number of ether oxygens (including phenoxy) is 2. The molecule has 0 spiro atoms. The fraction of sp³-hybridized carbons (Fsp3) is 0.625. The predicted octanol–water partition coefficient (Wildman–Crippen LogP) is 4.04. The summed E-state index contributed by atoms with van der Waals surface area (Å²) in [5.74, 6) is 2.60. The van der Waals surface area contributed by atoms with Crippen molar-refractivity contribution < 1.29 is 9.47 Å². The van der Waals surface area contributed by atoms with Crippen molar-refractivity contribution in [3.63, 3.8) is 0 Å². The van der Waals surface area contributed by atoms with Crippen LogP contribution in [0.4, 0.5) is 0 Å². The first-order chi connectivity index (χ1) is 8.78. The summed E-state index contributed by atoms with van der Waals surface area (Å²) in [6, 6.07) is 8.12. The van der Waals surface area contributed by atoms with E-state index in [4.69, 9.17) is 9.47 Å². The first-order valence-electron chi connectivity index (χ1n) is 6.98. The number of rotatable bonds is 5. The summed E-state index contributed by atoms with van der Waals surface area (Å²) < 4.78 is 11.0. The largest absolute Gasteiger partial charge is 0.497 e. The normalized spacial score (nSPS) is 23.9. The topological polar surface area (TPSA) is 18.5 Å². The molecule has 0 saturated heterocycles. The van der Waals surface area contributed by atoms with Gasteiger partial charge in [0.25, 0.3) is 0 Å². The smallest absolute Gasteiger partial charge is 0.118 e. The monoisotopic (exact) mass is 248 g/mol. The lowest BCUT2D eigenvalue weighted by molar-refractivity contribution is 0.0684. The van der Waals surface area contributed by atoms with Crippen molar-refractivity contribution in [2.45, 2.75) is 39.2 Å². The molecule has 18 heavy (non-hydrogen) atoms. The van der Waals surface area contributed by atoms with Gasteiger partial charge in [0.15, 0.2) is 0 Å². The Hall–Kier alpha value is -1.02. The third-order valence-corrected chi connectivity index (χ3v) is 3.92. The van der Waals surface area contributed by atoms with Gasteiger partial charge in [-0.25, -0.2) is 0 Å². The van der Waals surface area contributed by atoms with Gasteiger partial charge >= 0.3 is 0 Å². The van der Waals surface area contributed by atoms with E-state index in [9.17, 15) is 0 Å². The van der Waals surface area contributed by atoms with Crippen molar-refractivity contribution in [1.29, 1.82) is 0 Å². The van der Waals surface area contributed by atoms with E-state index < -0.39 is 0 Å². The first kappa shape index (κ1) is 13.4. The average molecular weight is 248 g/mol. The lowest BCUT2D eigenvalue weighted by Crippen LogP contribution is -2.17. The molecule has 0 N–H and O–H groups in total. The minimum Gasteiger partial charge on any atom is -0.497 e. The highest BCUT2D eigenvalue weighted by atomic mass is 16.5. The molecule has 0 heterocycles. The molecule has 0 atom stereocenters. The van der Waals surface area contributed by atoms with Crippen molar-refractivity contribution in [3.8, 4) is 5.75 Å². The number of methoxy groups -OCH3 is 1. The highest BCUT2D eigenvalue weighted by Crippen LogP contribution is 2.28. The van der Waals surface area contributed by atoms with Crippen LogP contribution < -0.4 is 4.74 Å². The molecule has 0 aliphatic heterocycles. The quantitative estimate of drug-likeness (QED) is 0.783. The molecular formula is C16H24O2. The Morgan fingerprint density at radius 1 is 1.06 bits per heavy atom. The second-order valence-corrected chi connectivity index (χ2v) is 5.49. The summed E-state index contributed by atoms with van der Waals surface area (Å²) in [4.78, 5) is 0. The van der Waals surface area contributed by atoms with Crippen molar-refractivity contribution in [1.82, 2.24) is 0 Å². The highest BCUT2D eigenvalue weighted by molar-refractivity contribution is 5.26. The molecule has 2 heteroatoms. The number of benzene rings is 1. The molecule has 100 valence electrons. The Bertz CT molecular complexity index is 337. The molecule has 0 aromatic heterocycles. The second-order valence-electron chi connectivity index (χ2n) is 5.49. The van der Waals surface area contributed by atoms with Crippen LogP contribution in [-0.2, 0) is 11.3 Å². The first-order valence-corrected chi connectivity index (χ1v) is 6.98. The summed E-state index contributed by atoms with van der Waals surface area (Å²) in [6.45, 7) is 3.99. The third-order valence-electron chi connectivity index (χ3n) is 3.92. The minimum absolute atomic E-state index is 0.718. The highest BCUT2D eigenvalue weighted by Gasteiger charge is 2.17. The van der Waals surface area contributed by atoms with Crippen LogP contribution in [0.2, 0.25) is 0 Å². The Labute approximate surface area is 110 Å². The van der Waals surface area contributed by atoms with Crippen LogP contribution in [0.15, 0.2) is 24.3 Å². The number of hydrogen-bond donors (Lipinski definition) is 0. The van der Waals surface area contributed by atoms with Crippen LogP contribution in [0.5, 0.6) is 5.75 Å². The summed E-state index contributed by atoms with van der Waals surface area (Å²) in [5.41, 5.74) is 1.22. The van der Waals surface area contributed by atoms with Crippen molar-refractivity contribution in [2.24, 2.45) is 11.8 Å². The van der Waals surface area contributed by atoms with Gasteiger partial charge in [0.2, 0.25) is 0 Å². The molecule has 0 unspecified atom stereocenters. The predicted molar refractivity (Wildman–Crippen MR) is 73.8 cm³/mol. The zero-order valence-electron chi connectivity index (χ0n) is 11.5. The van der Waals surface area contributed by atoms with Gasteiger partial charge in [-0.1, -0.05) is 31.9 Å². The van der Waals surface area contributed by atoms with Gasteiger partial charge in [-0.2, -0.15) is 0 Å². The van der Waals surface area contributed by atoms with Crippen molar-refractivity contribution >= 4 is 0 Å². The van der Waals surface area contributed by atoms with Crippen LogP contribution in [0.25, 0.3) is 0 Å². The lowest BCUT2D eigenvalue weighted by Gasteiger charge is -2.25. The fourth-order valence-corrected chi connectivity index (χ4v) is 2.56. The average Bonchev–Trinajstić information content (AvgIpc) is 2.42. The molecule has 1 aliphatic rings. The zero-order valence-corrected chi connectivity index (χ0v) is 11.5. The third kappa shape index (κ3) is 4.02. The molecule has 1 saturated carbocycles. The van der Waals surface area contributed by atoms with Crippen LogP contribution in [0.3, 0.4) is 0 Å². The molecular weight excluding hydrogens is 224 g/mol. The molecule has 2 nitrogen and oxygen atoms in total. The van der Waals surface area contributed by atoms with Gasteiger partial charge in [0, 0.05) is 6.61 Å². The van der Waals surface area contributed by atoms with Gasteiger partial charge in [0.05, 0.1) is 13.7 Å². The van der Waals surface area contributed by atoms with E-state index in [1.54, 1.807) is 7.11 Å². The molecule has 1 aromatic rings. The molecule has 0 bridgehead atoms. The van der Waals surface area contributed by atoms with Crippen LogP contribution in [0, 0.1) is 11.8 Å². The van der Waals surface area contributed by atoms with Crippen LogP contribution >= 0.6 is 0 Å². The summed E-state index contributed by atoms with van der Waals surface area (Å²) in [6.07, 6.45) is 5.42. The van der Waals surface area contributed by atoms with Gasteiger partial charge in [0.1, 0.15) is 5.75 Å². The van der Waals surface area contributed by atoms with E-state index in [-0.39, 0.29) is 0 Å². The SMILES string of the molecule is COc1ccc(COCC2CCC(C)CC2)cc1. The van der Waals surface area contributed by atoms with E-state index in [1.807, 2.05) is 12.1 Å². The molecule has 1 aliphatic carbocycles. The van der Waals surface area contributed by atoms with Crippen LogP contribution in [-0.4, -0.2) is 13.7 Å². The maximum absolute atomic E-state index is 5.83. The molecule has 1 fully saturated rings. The Balaban J connectivity index is 1.68. The van der Waals surface area contributed by atoms with Gasteiger partial charge in [-0.15, -0.1) is 0 Å². The summed E-state index contributed by atoms with van der Waals surface area (Å²) >= 11 is 0. The van der Waals surface area contributed by atoms with Crippen molar-refractivity contribution in [2.75, 3.05) is 13.7 Å². The van der Waals surface area contributed by atoms with E-state index in [1.165, 1.54) is 31.2 Å². The lowest BCUT2D eigenvalue weighted by atomic mass is 9.83. The second kappa shape index (κ2) is 6.79. The van der Waals surface area contributed by atoms with E-state index in [0.29, 0.717) is 0 Å². The Morgan fingerprint density at radius 3 is 2.33 bits per heavy atom. The molecule has 0 amide bonds. The van der Waals surface area contributed by atoms with E-state index in [2.05, 4.69) is 19.1 Å². The van der Waals surface area contributed by atoms with E-state index in [0.717, 1.165) is 30.8 Å².